The molecule has 4 rings (SSSR count). The smallest absolute Gasteiger partial charge is 0.341 e. The minimum atomic E-state index is -0.424. The van der Waals surface area contributed by atoms with Crippen molar-refractivity contribution in [2.45, 2.75) is 64.3 Å². The van der Waals surface area contributed by atoms with Crippen LogP contribution in [-0.4, -0.2) is 41.9 Å². The Morgan fingerprint density at radius 3 is 2.67 bits per heavy atom. The molecule has 2 fully saturated rings. The molecule has 1 aromatic rings. The molecule has 1 unspecified atom stereocenters. The van der Waals surface area contributed by atoms with Gasteiger partial charge in [-0.2, -0.15) is 0 Å². The van der Waals surface area contributed by atoms with Crippen molar-refractivity contribution in [3.63, 3.8) is 0 Å². The number of likely N-dealkylation sites (tertiary alicyclic amines) is 1. The van der Waals surface area contributed by atoms with Gasteiger partial charge in [0, 0.05) is 17.3 Å². The number of rotatable bonds is 5. The molecular weight excluding hydrogens is 364 g/mol. The molecule has 1 saturated heterocycles. The SMILES string of the molecule is CCOC(=O)c1c(NC(=O)C2CCCN2C(=O)C2CC2)sc2c1CCCC2. The predicted octanol–water partition coefficient (Wildman–Crippen LogP) is 3.14. The number of thiophene rings is 1. The van der Waals surface area contributed by atoms with Crippen LogP contribution in [0.3, 0.4) is 0 Å². The zero-order chi connectivity index (χ0) is 19.0. The summed E-state index contributed by atoms with van der Waals surface area (Å²) in [4.78, 5) is 40.9. The monoisotopic (exact) mass is 390 g/mol. The fourth-order valence-corrected chi connectivity index (χ4v) is 5.42. The summed E-state index contributed by atoms with van der Waals surface area (Å²) in [6, 6.07) is -0.424. The first-order chi connectivity index (χ1) is 13.1. The van der Waals surface area contributed by atoms with Crippen LogP contribution >= 0.6 is 11.3 Å². The third-order valence-electron chi connectivity index (χ3n) is 5.65. The second kappa shape index (κ2) is 7.62. The van der Waals surface area contributed by atoms with Gasteiger partial charge in [-0.3, -0.25) is 9.59 Å². The van der Waals surface area contributed by atoms with Gasteiger partial charge >= 0.3 is 5.97 Å². The summed E-state index contributed by atoms with van der Waals surface area (Å²) in [5.41, 5.74) is 1.57. The summed E-state index contributed by atoms with van der Waals surface area (Å²) < 4.78 is 5.25. The van der Waals surface area contributed by atoms with Gasteiger partial charge < -0.3 is 15.0 Å². The van der Waals surface area contributed by atoms with Crippen molar-refractivity contribution >= 4 is 34.1 Å². The third-order valence-corrected chi connectivity index (χ3v) is 6.86. The fraction of sp³-hybridized carbons (Fsp3) is 0.650. The number of aryl methyl sites for hydroxylation is 1. The van der Waals surface area contributed by atoms with Crippen molar-refractivity contribution < 1.29 is 19.1 Å². The van der Waals surface area contributed by atoms with E-state index >= 15 is 0 Å². The topological polar surface area (TPSA) is 75.7 Å². The molecular formula is C20H26N2O4S. The van der Waals surface area contributed by atoms with E-state index in [-0.39, 0.29) is 23.7 Å². The van der Waals surface area contributed by atoms with Crippen molar-refractivity contribution in [2.24, 2.45) is 5.92 Å². The number of nitrogens with one attached hydrogen (secondary N) is 1. The first kappa shape index (κ1) is 18.5. The second-order valence-electron chi connectivity index (χ2n) is 7.59. The molecule has 3 aliphatic rings. The molecule has 2 aliphatic carbocycles. The molecule has 2 amide bonds. The lowest BCUT2D eigenvalue weighted by atomic mass is 9.95. The maximum Gasteiger partial charge on any atom is 0.341 e. The molecule has 7 heteroatoms. The van der Waals surface area contributed by atoms with E-state index in [1.165, 1.54) is 16.2 Å². The van der Waals surface area contributed by atoms with Gasteiger partial charge in [0.1, 0.15) is 11.0 Å². The van der Waals surface area contributed by atoms with Crippen LogP contribution in [0.4, 0.5) is 5.00 Å². The number of fused-ring (bicyclic) bond motifs is 1. The quantitative estimate of drug-likeness (QED) is 0.784. The molecule has 146 valence electrons. The highest BCUT2D eigenvalue weighted by Crippen LogP contribution is 2.39. The number of esters is 1. The Hall–Kier alpha value is -1.89. The Morgan fingerprint density at radius 2 is 1.93 bits per heavy atom. The Bertz CT molecular complexity index is 768. The minimum absolute atomic E-state index is 0.113. The second-order valence-corrected chi connectivity index (χ2v) is 8.69. The van der Waals surface area contributed by atoms with Crippen LogP contribution < -0.4 is 5.32 Å². The van der Waals surface area contributed by atoms with Crippen LogP contribution in [0.25, 0.3) is 0 Å². The molecule has 1 atom stereocenters. The molecule has 6 nitrogen and oxygen atoms in total. The van der Waals surface area contributed by atoms with Gasteiger partial charge in [0.2, 0.25) is 11.8 Å². The van der Waals surface area contributed by atoms with Gasteiger partial charge in [0.25, 0.3) is 0 Å². The minimum Gasteiger partial charge on any atom is -0.462 e. The number of amides is 2. The van der Waals surface area contributed by atoms with Gasteiger partial charge in [0.05, 0.1) is 12.2 Å². The average molecular weight is 391 g/mol. The summed E-state index contributed by atoms with van der Waals surface area (Å²) in [6.45, 7) is 2.75. The van der Waals surface area contributed by atoms with Gasteiger partial charge in [-0.25, -0.2) is 4.79 Å². The Labute approximate surface area is 163 Å². The van der Waals surface area contributed by atoms with Gasteiger partial charge in [-0.1, -0.05) is 0 Å². The first-order valence-electron chi connectivity index (χ1n) is 10.0. The summed E-state index contributed by atoms with van der Waals surface area (Å²) in [7, 11) is 0. The number of hydrogen-bond donors (Lipinski definition) is 1. The van der Waals surface area contributed by atoms with E-state index in [1.54, 1.807) is 11.8 Å². The van der Waals surface area contributed by atoms with E-state index in [0.29, 0.717) is 30.1 Å². The lowest BCUT2D eigenvalue weighted by Crippen LogP contribution is -2.43. The maximum absolute atomic E-state index is 13.0. The molecule has 0 spiro atoms. The summed E-state index contributed by atoms with van der Waals surface area (Å²) in [5, 5.41) is 3.57. The predicted molar refractivity (Wildman–Crippen MR) is 103 cm³/mol. The largest absolute Gasteiger partial charge is 0.462 e. The van der Waals surface area contributed by atoms with E-state index in [9.17, 15) is 14.4 Å². The highest BCUT2D eigenvalue weighted by atomic mass is 32.1. The van der Waals surface area contributed by atoms with E-state index in [1.807, 2.05) is 0 Å². The molecule has 1 N–H and O–H groups in total. The van der Waals surface area contributed by atoms with E-state index in [0.717, 1.165) is 50.5 Å². The van der Waals surface area contributed by atoms with Crippen molar-refractivity contribution in [3.05, 3.63) is 16.0 Å². The normalized spacial score (nSPS) is 21.7. The number of carbonyl (C=O) groups excluding carboxylic acids is 3. The Balaban J connectivity index is 1.56. The van der Waals surface area contributed by atoms with Crippen LogP contribution in [0.2, 0.25) is 0 Å². The van der Waals surface area contributed by atoms with Crippen LogP contribution in [0.1, 0.15) is 66.2 Å². The first-order valence-corrected chi connectivity index (χ1v) is 10.8. The highest BCUT2D eigenvalue weighted by Gasteiger charge is 2.41. The number of anilines is 1. The lowest BCUT2D eigenvalue weighted by Gasteiger charge is -2.24. The number of nitrogens with zero attached hydrogens (tertiary/aromatic N) is 1. The van der Waals surface area contributed by atoms with Crippen LogP contribution in [0.15, 0.2) is 0 Å². The van der Waals surface area contributed by atoms with Crippen molar-refractivity contribution in [3.8, 4) is 0 Å². The summed E-state index contributed by atoms with van der Waals surface area (Å²) >= 11 is 1.50. The van der Waals surface area contributed by atoms with Crippen LogP contribution in [0, 0.1) is 5.92 Å². The van der Waals surface area contributed by atoms with Gasteiger partial charge in [0.15, 0.2) is 0 Å². The third kappa shape index (κ3) is 3.61. The number of ether oxygens (including phenoxy) is 1. The van der Waals surface area contributed by atoms with Crippen LogP contribution in [0.5, 0.6) is 0 Å². The van der Waals surface area contributed by atoms with E-state index in [4.69, 9.17) is 4.74 Å². The molecule has 27 heavy (non-hydrogen) atoms. The zero-order valence-corrected chi connectivity index (χ0v) is 16.5. The molecule has 1 aromatic heterocycles. The fourth-order valence-electron chi connectivity index (χ4n) is 4.14. The van der Waals surface area contributed by atoms with E-state index < -0.39 is 6.04 Å². The standard InChI is InChI=1S/C20H26N2O4S/c1-2-26-20(25)16-13-6-3-4-8-15(13)27-18(16)21-17(23)14-7-5-11-22(14)19(24)12-9-10-12/h12,14H,2-11H2,1H3,(H,21,23). The molecule has 1 saturated carbocycles. The lowest BCUT2D eigenvalue weighted by molar-refractivity contribution is -0.137. The molecule has 0 radical (unpaired) electrons. The number of hydrogen-bond acceptors (Lipinski definition) is 5. The van der Waals surface area contributed by atoms with Gasteiger partial charge in [-0.05, 0) is 63.9 Å². The maximum atomic E-state index is 13.0. The molecule has 0 bridgehead atoms. The van der Waals surface area contributed by atoms with Crippen molar-refractivity contribution in [1.82, 2.24) is 4.90 Å². The van der Waals surface area contributed by atoms with E-state index in [2.05, 4.69) is 5.32 Å². The Kier molecular flexibility index (Phi) is 5.21. The highest BCUT2D eigenvalue weighted by molar-refractivity contribution is 7.17. The van der Waals surface area contributed by atoms with Crippen LogP contribution in [-0.2, 0) is 27.2 Å². The summed E-state index contributed by atoms with van der Waals surface area (Å²) in [6.07, 6.45) is 7.36. The molecule has 1 aliphatic heterocycles. The zero-order valence-electron chi connectivity index (χ0n) is 15.7. The Morgan fingerprint density at radius 1 is 1.15 bits per heavy atom. The number of carbonyl (C=O) groups is 3. The average Bonchev–Trinajstić information content (AvgIpc) is 3.27. The van der Waals surface area contributed by atoms with Crippen molar-refractivity contribution in [2.75, 3.05) is 18.5 Å². The van der Waals surface area contributed by atoms with Gasteiger partial charge in [-0.15, -0.1) is 11.3 Å². The molecule has 2 heterocycles. The van der Waals surface area contributed by atoms with Crippen molar-refractivity contribution in [1.29, 1.82) is 0 Å². The summed E-state index contributed by atoms with van der Waals surface area (Å²) in [5.74, 6) is -0.304. The molecule has 0 aromatic carbocycles.